The number of hydrogen-bond acceptors (Lipinski definition) is 9. The van der Waals surface area contributed by atoms with Crippen molar-refractivity contribution in [3.63, 3.8) is 0 Å². The van der Waals surface area contributed by atoms with Gasteiger partial charge in [-0.25, -0.2) is 14.1 Å². The van der Waals surface area contributed by atoms with Crippen molar-refractivity contribution >= 4 is 43.5 Å². The van der Waals surface area contributed by atoms with Crippen LogP contribution in [0.3, 0.4) is 0 Å². The Morgan fingerprint density at radius 1 is 1.21 bits per heavy atom. The van der Waals surface area contributed by atoms with Crippen molar-refractivity contribution in [1.82, 2.24) is 14.8 Å². The number of aliphatic hydroxyl groups is 2. The Balaban J connectivity index is 1.49. The normalized spacial score (nSPS) is 24.4. The second-order valence-electron chi connectivity index (χ2n) is 8.88. The van der Waals surface area contributed by atoms with Gasteiger partial charge < -0.3 is 39.5 Å². The van der Waals surface area contributed by atoms with E-state index >= 15 is 0 Å². The summed E-state index contributed by atoms with van der Waals surface area (Å²) in [6.45, 7) is 0.974. The fourth-order valence-electron chi connectivity index (χ4n) is 4.16. The van der Waals surface area contributed by atoms with Gasteiger partial charge in [0, 0.05) is 5.56 Å². The molecule has 0 aliphatic carbocycles. The molecule has 0 spiro atoms. The highest BCUT2D eigenvalue weighted by Crippen LogP contribution is 2.55. The van der Waals surface area contributed by atoms with Crippen LogP contribution in [0.25, 0.3) is 11.0 Å². The van der Waals surface area contributed by atoms with Crippen molar-refractivity contribution in [2.24, 2.45) is 0 Å². The monoisotopic (exact) mass is 594 g/mol. The summed E-state index contributed by atoms with van der Waals surface area (Å²) in [6, 6.07) is 7.47. The number of nitrogens with one attached hydrogen (secondary N) is 1. The molecule has 208 valence electrons. The van der Waals surface area contributed by atoms with Crippen molar-refractivity contribution in [2.75, 3.05) is 17.8 Å². The van der Waals surface area contributed by atoms with Crippen molar-refractivity contribution in [3.05, 3.63) is 53.1 Å². The summed E-state index contributed by atoms with van der Waals surface area (Å²) in [5.41, 5.74) is 1.29. The van der Waals surface area contributed by atoms with E-state index in [2.05, 4.69) is 15.4 Å². The van der Waals surface area contributed by atoms with Gasteiger partial charge in [-0.15, -0.1) is 0 Å². The van der Waals surface area contributed by atoms with E-state index in [1.54, 1.807) is 31.2 Å². The number of benzene rings is 1. The van der Waals surface area contributed by atoms with Crippen molar-refractivity contribution in [1.29, 1.82) is 0 Å². The lowest BCUT2D eigenvalue weighted by atomic mass is 10.1. The minimum atomic E-state index is -4.83. The molecule has 4 rings (SSSR count). The molecule has 1 fully saturated rings. The first-order valence-electron chi connectivity index (χ1n) is 11.3. The molecule has 3 aromatic rings. The van der Waals surface area contributed by atoms with Gasteiger partial charge in [0.1, 0.15) is 35.4 Å². The van der Waals surface area contributed by atoms with E-state index in [-0.39, 0.29) is 17.5 Å². The molecule has 1 saturated heterocycles. The van der Waals surface area contributed by atoms with Crippen LogP contribution in [0.15, 0.2) is 36.5 Å². The van der Waals surface area contributed by atoms with E-state index in [1.807, 2.05) is 0 Å². The molecule has 0 bridgehead atoms. The molecule has 0 radical (unpaired) electrons. The molecule has 6 N–H and O–H groups in total. The molecule has 0 amide bonds. The molecule has 17 heteroatoms. The van der Waals surface area contributed by atoms with Crippen molar-refractivity contribution < 1.29 is 47.7 Å². The van der Waals surface area contributed by atoms with Crippen LogP contribution in [-0.2, 0) is 24.9 Å². The Bertz CT molecular complexity index is 1410. The smallest absolute Gasteiger partial charge is 0.340 e. The van der Waals surface area contributed by atoms with Crippen LogP contribution in [0.4, 0.5) is 10.1 Å². The molecule has 6 atom stereocenters. The standard InChI is InChI=1S/C21H26ClFN4O9P2/c1-11(12-4-2-3-5-14(12)23)25-15-6-18(22)26-21-13(15)7-24-27(21)8-16-19(28)20(29)17(36-16)9-35-38(33,34)10-37(30,31)32/h2-7,11,16-17,19-20,28-29H,8-10H2,1H3,(H,25,26)(H,33,34)(H2,30,31,32)/t11-,16?,17+,19-,20+/m0/s1. The minimum absolute atomic E-state index is 0.104. The van der Waals surface area contributed by atoms with E-state index in [0.29, 0.717) is 22.3 Å². The fourth-order valence-corrected chi connectivity index (χ4v) is 6.91. The highest BCUT2D eigenvalue weighted by atomic mass is 35.5. The van der Waals surface area contributed by atoms with E-state index in [4.69, 9.17) is 30.6 Å². The van der Waals surface area contributed by atoms with Gasteiger partial charge in [0.25, 0.3) is 0 Å². The van der Waals surface area contributed by atoms with Gasteiger partial charge in [-0.3, -0.25) is 9.13 Å². The summed E-state index contributed by atoms with van der Waals surface area (Å²) < 4.78 is 48.8. The number of aliphatic hydroxyl groups excluding tert-OH is 2. The predicted octanol–water partition coefficient (Wildman–Crippen LogP) is 2.22. The van der Waals surface area contributed by atoms with Crippen LogP contribution in [0.1, 0.15) is 18.5 Å². The molecule has 2 aromatic heterocycles. The van der Waals surface area contributed by atoms with Crippen LogP contribution in [-0.4, -0.2) is 76.6 Å². The lowest BCUT2D eigenvalue weighted by molar-refractivity contribution is -0.0234. The third-order valence-corrected chi connectivity index (χ3v) is 9.59. The maximum absolute atomic E-state index is 14.2. The van der Waals surface area contributed by atoms with Gasteiger partial charge >= 0.3 is 15.2 Å². The average molecular weight is 595 g/mol. The van der Waals surface area contributed by atoms with E-state index in [0.717, 1.165) is 0 Å². The van der Waals surface area contributed by atoms with E-state index in [1.165, 1.54) is 16.9 Å². The zero-order valence-corrected chi connectivity index (χ0v) is 22.4. The number of hydrogen-bond donors (Lipinski definition) is 6. The van der Waals surface area contributed by atoms with E-state index < -0.39 is 58.2 Å². The number of halogens is 2. The van der Waals surface area contributed by atoms with Gasteiger partial charge in [-0.1, -0.05) is 29.8 Å². The average Bonchev–Trinajstić information content (AvgIpc) is 3.32. The van der Waals surface area contributed by atoms with Gasteiger partial charge in [-0.05, 0) is 19.1 Å². The molecular weight excluding hydrogens is 569 g/mol. The van der Waals surface area contributed by atoms with Gasteiger partial charge in [0.05, 0.1) is 36.5 Å². The maximum atomic E-state index is 14.2. The number of rotatable bonds is 10. The van der Waals surface area contributed by atoms with Crippen LogP contribution in [0, 0.1) is 5.82 Å². The summed E-state index contributed by atoms with van der Waals surface area (Å²) in [5.74, 6) is -1.77. The van der Waals surface area contributed by atoms with Gasteiger partial charge in [0.15, 0.2) is 11.6 Å². The summed E-state index contributed by atoms with van der Waals surface area (Å²) in [6.07, 6.45) is -3.77. The second-order valence-corrected chi connectivity index (χ2v) is 13.3. The Morgan fingerprint density at radius 3 is 2.58 bits per heavy atom. The third kappa shape index (κ3) is 6.78. The lowest BCUT2D eigenvalue weighted by Gasteiger charge is -2.18. The molecular formula is C21H26ClFN4O9P2. The predicted molar refractivity (Wildman–Crippen MR) is 134 cm³/mol. The van der Waals surface area contributed by atoms with Gasteiger partial charge in [-0.2, -0.15) is 5.10 Å². The molecule has 1 aromatic carbocycles. The number of aromatic nitrogens is 3. The number of pyridine rings is 1. The van der Waals surface area contributed by atoms with Crippen LogP contribution >= 0.6 is 26.8 Å². The quantitative estimate of drug-likeness (QED) is 0.148. The zero-order chi connectivity index (χ0) is 27.8. The molecule has 1 aliphatic rings. The number of ether oxygens (including phenoxy) is 1. The molecule has 1 aliphatic heterocycles. The first-order chi connectivity index (χ1) is 17.7. The van der Waals surface area contributed by atoms with Crippen LogP contribution in [0.2, 0.25) is 5.15 Å². The molecule has 13 nitrogen and oxygen atoms in total. The number of nitrogens with zero attached hydrogens (tertiary/aromatic N) is 3. The first kappa shape index (κ1) is 29.0. The van der Waals surface area contributed by atoms with Crippen LogP contribution in [0.5, 0.6) is 0 Å². The van der Waals surface area contributed by atoms with Gasteiger partial charge in [0.2, 0.25) is 0 Å². The lowest BCUT2D eigenvalue weighted by Crippen LogP contribution is -2.35. The topological polar surface area (TPSA) is 196 Å². The molecule has 38 heavy (non-hydrogen) atoms. The Labute approximate surface area is 220 Å². The second kappa shape index (κ2) is 11.3. The number of anilines is 1. The summed E-state index contributed by atoms with van der Waals surface area (Å²) in [7, 11) is -9.51. The van der Waals surface area contributed by atoms with Crippen molar-refractivity contribution in [3.8, 4) is 0 Å². The number of fused-ring (bicyclic) bond motifs is 1. The largest absolute Gasteiger partial charge is 0.388 e. The Hall–Kier alpha value is -1.96. The molecule has 2 unspecified atom stereocenters. The minimum Gasteiger partial charge on any atom is -0.388 e. The Kier molecular flexibility index (Phi) is 8.61. The zero-order valence-electron chi connectivity index (χ0n) is 19.8. The van der Waals surface area contributed by atoms with Crippen LogP contribution < -0.4 is 5.32 Å². The SMILES string of the molecule is C[C@H](Nc1cc(Cl)nc2c1cnn2CC1O[C@H](COP(=O)(O)CP(=O)(O)O)[C@@H](O)[C@H]1O)c1ccccc1F. The highest BCUT2D eigenvalue weighted by molar-refractivity contribution is 7.70. The van der Waals surface area contributed by atoms with Crippen molar-refractivity contribution in [2.45, 2.75) is 43.9 Å². The Morgan fingerprint density at radius 2 is 1.89 bits per heavy atom. The highest BCUT2D eigenvalue weighted by Gasteiger charge is 2.44. The maximum Gasteiger partial charge on any atom is 0.340 e. The van der Waals surface area contributed by atoms with E-state index in [9.17, 15) is 28.6 Å². The first-order valence-corrected chi connectivity index (χ1v) is 15.2. The third-order valence-electron chi connectivity index (χ3n) is 5.94. The summed E-state index contributed by atoms with van der Waals surface area (Å²) >= 11 is 6.23. The fraction of sp³-hybridized carbons (Fsp3) is 0.429. The molecule has 3 heterocycles. The molecule has 0 saturated carbocycles. The summed E-state index contributed by atoms with van der Waals surface area (Å²) in [4.78, 5) is 31.7. The summed E-state index contributed by atoms with van der Waals surface area (Å²) in [5, 5.41) is 28.9.